The van der Waals surface area contributed by atoms with Crippen molar-refractivity contribution in [2.45, 2.75) is 51.6 Å². The summed E-state index contributed by atoms with van der Waals surface area (Å²) >= 11 is 0. The Bertz CT molecular complexity index is 538. The van der Waals surface area contributed by atoms with E-state index in [1.165, 1.54) is 12.3 Å². The number of carbonyl (C=O) groups is 3. The Labute approximate surface area is 129 Å². The van der Waals surface area contributed by atoms with Crippen LogP contribution in [-0.4, -0.2) is 41.1 Å². The predicted molar refractivity (Wildman–Crippen MR) is 80.3 cm³/mol. The number of furan rings is 1. The SMILES string of the molecule is CCC(=O)C1CCCCN1C(=O)C(C)NC(=O)c1ccco1. The van der Waals surface area contributed by atoms with Crippen molar-refractivity contribution in [3.8, 4) is 0 Å². The summed E-state index contributed by atoms with van der Waals surface area (Å²) in [5, 5.41) is 2.62. The molecule has 0 aromatic carbocycles. The predicted octanol–water partition coefficient (Wildman–Crippen LogP) is 1.76. The summed E-state index contributed by atoms with van der Waals surface area (Å²) in [6.07, 6.45) is 4.37. The van der Waals surface area contributed by atoms with Gasteiger partial charge in [-0.25, -0.2) is 0 Å². The third kappa shape index (κ3) is 3.55. The molecular formula is C16H22N2O4. The van der Waals surface area contributed by atoms with E-state index in [1.54, 1.807) is 17.9 Å². The Balaban J connectivity index is 2.02. The zero-order chi connectivity index (χ0) is 16.1. The van der Waals surface area contributed by atoms with Gasteiger partial charge in [0.1, 0.15) is 6.04 Å². The first-order valence-corrected chi connectivity index (χ1v) is 7.72. The van der Waals surface area contributed by atoms with Crippen LogP contribution in [0.4, 0.5) is 0 Å². The summed E-state index contributed by atoms with van der Waals surface area (Å²) in [6, 6.07) is 2.11. The normalized spacial score (nSPS) is 19.5. The molecule has 1 aliphatic rings. The number of ketones is 1. The lowest BCUT2D eigenvalue weighted by atomic mass is 9.96. The van der Waals surface area contributed by atoms with Crippen molar-refractivity contribution in [3.63, 3.8) is 0 Å². The number of likely N-dealkylation sites (tertiary alicyclic amines) is 1. The van der Waals surface area contributed by atoms with Gasteiger partial charge in [0.05, 0.1) is 12.3 Å². The zero-order valence-corrected chi connectivity index (χ0v) is 13.0. The molecule has 2 rings (SSSR count). The third-order valence-corrected chi connectivity index (χ3v) is 3.97. The van der Waals surface area contributed by atoms with Gasteiger partial charge in [0.2, 0.25) is 5.91 Å². The zero-order valence-electron chi connectivity index (χ0n) is 13.0. The van der Waals surface area contributed by atoms with E-state index in [0.29, 0.717) is 19.4 Å². The number of amides is 2. The minimum absolute atomic E-state index is 0.0811. The van der Waals surface area contributed by atoms with Crippen LogP contribution in [0.25, 0.3) is 0 Å². The van der Waals surface area contributed by atoms with Crippen LogP contribution in [0.15, 0.2) is 22.8 Å². The van der Waals surface area contributed by atoms with E-state index in [0.717, 1.165) is 12.8 Å². The number of piperidine rings is 1. The van der Waals surface area contributed by atoms with Crippen molar-refractivity contribution in [1.29, 1.82) is 0 Å². The molecule has 2 amide bonds. The van der Waals surface area contributed by atoms with Crippen LogP contribution in [0.5, 0.6) is 0 Å². The first-order chi connectivity index (χ1) is 10.5. The summed E-state index contributed by atoms with van der Waals surface area (Å²) in [4.78, 5) is 38.1. The monoisotopic (exact) mass is 306 g/mol. The number of Topliss-reactive ketones (excluding diaryl/α,β-unsaturated/α-hetero) is 1. The highest BCUT2D eigenvalue weighted by atomic mass is 16.3. The second kappa shape index (κ2) is 7.24. The van der Waals surface area contributed by atoms with Crippen LogP contribution >= 0.6 is 0 Å². The van der Waals surface area contributed by atoms with E-state index in [-0.39, 0.29) is 23.5 Å². The van der Waals surface area contributed by atoms with Crippen LogP contribution in [0.2, 0.25) is 0 Å². The fourth-order valence-corrected chi connectivity index (χ4v) is 2.75. The van der Waals surface area contributed by atoms with E-state index < -0.39 is 11.9 Å². The molecule has 6 heteroatoms. The van der Waals surface area contributed by atoms with E-state index in [4.69, 9.17) is 4.42 Å². The van der Waals surface area contributed by atoms with Crippen molar-refractivity contribution < 1.29 is 18.8 Å². The maximum absolute atomic E-state index is 12.6. The molecule has 1 aromatic rings. The Morgan fingerprint density at radius 2 is 2.18 bits per heavy atom. The molecule has 2 atom stereocenters. The van der Waals surface area contributed by atoms with Crippen molar-refractivity contribution in [2.75, 3.05) is 6.54 Å². The van der Waals surface area contributed by atoms with Gasteiger partial charge in [-0.3, -0.25) is 14.4 Å². The molecule has 2 heterocycles. The number of nitrogens with zero attached hydrogens (tertiary/aromatic N) is 1. The summed E-state index contributed by atoms with van der Waals surface area (Å²) in [5.74, 6) is -0.398. The average Bonchev–Trinajstić information content (AvgIpc) is 3.07. The largest absolute Gasteiger partial charge is 0.459 e. The Morgan fingerprint density at radius 1 is 1.41 bits per heavy atom. The van der Waals surface area contributed by atoms with Gasteiger partial charge in [-0.2, -0.15) is 0 Å². The minimum Gasteiger partial charge on any atom is -0.459 e. The Hall–Kier alpha value is -2.11. The molecule has 2 unspecified atom stereocenters. The molecule has 1 aromatic heterocycles. The molecule has 1 N–H and O–H groups in total. The molecule has 0 bridgehead atoms. The van der Waals surface area contributed by atoms with Gasteiger partial charge >= 0.3 is 0 Å². The number of hydrogen-bond donors (Lipinski definition) is 1. The smallest absolute Gasteiger partial charge is 0.287 e. The number of carbonyl (C=O) groups excluding carboxylic acids is 3. The molecule has 0 spiro atoms. The lowest BCUT2D eigenvalue weighted by Crippen LogP contribution is -2.54. The fraction of sp³-hybridized carbons (Fsp3) is 0.562. The molecule has 1 aliphatic heterocycles. The summed E-state index contributed by atoms with van der Waals surface area (Å²) in [5.41, 5.74) is 0. The fourth-order valence-electron chi connectivity index (χ4n) is 2.75. The van der Waals surface area contributed by atoms with Crippen LogP contribution < -0.4 is 5.32 Å². The van der Waals surface area contributed by atoms with Gasteiger partial charge in [-0.15, -0.1) is 0 Å². The van der Waals surface area contributed by atoms with Crippen LogP contribution in [-0.2, 0) is 9.59 Å². The van der Waals surface area contributed by atoms with Gasteiger partial charge in [0.25, 0.3) is 5.91 Å². The topological polar surface area (TPSA) is 79.6 Å². The molecule has 0 radical (unpaired) electrons. The van der Waals surface area contributed by atoms with Crippen LogP contribution in [0.3, 0.4) is 0 Å². The Kier molecular flexibility index (Phi) is 5.35. The van der Waals surface area contributed by atoms with Crippen molar-refractivity contribution in [1.82, 2.24) is 10.2 Å². The molecule has 1 fully saturated rings. The van der Waals surface area contributed by atoms with Gasteiger partial charge in [-0.1, -0.05) is 6.92 Å². The standard InChI is InChI=1S/C16H22N2O4/c1-3-13(19)12-7-4-5-9-18(12)16(21)11(2)17-15(20)14-8-6-10-22-14/h6,8,10-12H,3-5,7,9H2,1-2H3,(H,17,20). The highest BCUT2D eigenvalue weighted by Gasteiger charge is 2.33. The Morgan fingerprint density at radius 3 is 2.82 bits per heavy atom. The van der Waals surface area contributed by atoms with E-state index in [1.807, 2.05) is 6.92 Å². The van der Waals surface area contributed by atoms with Crippen LogP contribution in [0.1, 0.15) is 50.1 Å². The quantitative estimate of drug-likeness (QED) is 0.899. The lowest BCUT2D eigenvalue weighted by Gasteiger charge is -2.36. The van der Waals surface area contributed by atoms with Crippen molar-refractivity contribution in [3.05, 3.63) is 24.2 Å². The maximum atomic E-state index is 12.6. The highest BCUT2D eigenvalue weighted by Crippen LogP contribution is 2.20. The summed E-state index contributed by atoms with van der Waals surface area (Å²) in [7, 11) is 0. The van der Waals surface area contributed by atoms with Crippen molar-refractivity contribution in [2.24, 2.45) is 0 Å². The van der Waals surface area contributed by atoms with E-state index in [2.05, 4.69) is 5.32 Å². The molecular weight excluding hydrogens is 284 g/mol. The number of hydrogen-bond acceptors (Lipinski definition) is 4. The molecule has 0 aliphatic carbocycles. The second-order valence-electron chi connectivity index (χ2n) is 5.54. The molecule has 120 valence electrons. The second-order valence-corrected chi connectivity index (χ2v) is 5.54. The van der Waals surface area contributed by atoms with Gasteiger partial charge in [0, 0.05) is 13.0 Å². The highest BCUT2D eigenvalue weighted by molar-refractivity contribution is 5.96. The average molecular weight is 306 g/mol. The van der Waals surface area contributed by atoms with E-state index in [9.17, 15) is 14.4 Å². The number of nitrogens with one attached hydrogen (secondary N) is 1. The van der Waals surface area contributed by atoms with Gasteiger partial charge < -0.3 is 14.6 Å². The van der Waals surface area contributed by atoms with E-state index >= 15 is 0 Å². The lowest BCUT2D eigenvalue weighted by molar-refractivity contribution is -0.142. The van der Waals surface area contributed by atoms with Gasteiger partial charge in [0.15, 0.2) is 11.5 Å². The first kappa shape index (κ1) is 16.3. The molecule has 22 heavy (non-hydrogen) atoms. The number of rotatable bonds is 5. The summed E-state index contributed by atoms with van der Waals surface area (Å²) in [6.45, 7) is 4.00. The first-order valence-electron chi connectivity index (χ1n) is 7.72. The third-order valence-electron chi connectivity index (χ3n) is 3.97. The molecule has 1 saturated heterocycles. The maximum Gasteiger partial charge on any atom is 0.287 e. The summed E-state index contributed by atoms with van der Waals surface area (Å²) < 4.78 is 5.01. The van der Waals surface area contributed by atoms with Gasteiger partial charge in [-0.05, 0) is 38.3 Å². The van der Waals surface area contributed by atoms with Crippen molar-refractivity contribution >= 4 is 17.6 Å². The van der Waals surface area contributed by atoms with Crippen LogP contribution in [0, 0.1) is 0 Å². The molecule has 0 saturated carbocycles. The molecule has 6 nitrogen and oxygen atoms in total. The minimum atomic E-state index is -0.692.